The van der Waals surface area contributed by atoms with Crippen molar-refractivity contribution in [1.29, 1.82) is 0 Å². The number of methoxy groups -OCH3 is 1. The van der Waals surface area contributed by atoms with Crippen LogP contribution < -0.4 is 10.6 Å². The van der Waals surface area contributed by atoms with E-state index in [1.54, 1.807) is 24.3 Å². The molecule has 2 amide bonds. The maximum Gasteiger partial charge on any atom is 0.337 e. The Labute approximate surface area is 170 Å². The first-order valence-corrected chi connectivity index (χ1v) is 9.83. The number of hydrogen-bond donors (Lipinski definition) is 2. The van der Waals surface area contributed by atoms with Gasteiger partial charge in [-0.05, 0) is 74.6 Å². The number of amides is 2. The van der Waals surface area contributed by atoms with Gasteiger partial charge in [-0.2, -0.15) is 0 Å². The van der Waals surface area contributed by atoms with E-state index < -0.39 is 5.97 Å². The van der Waals surface area contributed by atoms with Gasteiger partial charge >= 0.3 is 5.97 Å². The van der Waals surface area contributed by atoms with Crippen molar-refractivity contribution >= 4 is 29.2 Å². The molecule has 1 aliphatic carbocycles. The summed E-state index contributed by atoms with van der Waals surface area (Å²) in [7, 11) is 1.33. The van der Waals surface area contributed by atoms with Gasteiger partial charge in [-0.1, -0.05) is 12.1 Å². The molecule has 0 radical (unpaired) electrons. The molecule has 0 aromatic heterocycles. The first-order chi connectivity index (χ1) is 14.0. The SMILES string of the molecule is COC(=O)c1ccc(NC(=O)C2CCC(C(=O)Nc3cccc(C)c3)CC2)cc1. The highest BCUT2D eigenvalue weighted by Gasteiger charge is 2.30. The number of rotatable bonds is 5. The van der Waals surface area contributed by atoms with E-state index in [0.717, 1.165) is 11.3 Å². The Balaban J connectivity index is 1.49. The first-order valence-electron chi connectivity index (χ1n) is 9.83. The summed E-state index contributed by atoms with van der Waals surface area (Å²) in [4.78, 5) is 36.5. The minimum atomic E-state index is -0.412. The van der Waals surface area contributed by atoms with Gasteiger partial charge < -0.3 is 15.4 Å². The largest absolute Gasteiger partial charge is 0.465 e. The fourth-order valence-corrected chi connectivity index (χ4v) is 3.64. The normalized spacial score (nSPS) is 18.6. The lowest BCUT2D eigenvalue weighted by molar-refractivity contribution is -0.125. The third-order valence-corrected chi connectivity index (χ3v) is 5.33. The standard InChI is InChI=1S/C23H26N2O4/c1-15-4-3-5-20(14-15)25-22(27)17-8-6-16(7-9-17)21(26)24-19-12-10-18(11-13-19)23(28)29-2/h3-5,10-14,16-17H,6-9H2,1-2H3,(H,24,26)(H,25,27). The van der Waals surface area contributed by atoms with Crippen molar-refractivity contribution in [3.8, 4) is 0 Å². The van der Waals surface area contributed by atoms with Gasteiger partial charge in [-0.15, -0.1) is 0 Å². The van der Waals surface area contributed by atoms with Crippen LogP contribution >= 0.6 is 0 Å². The molecule has 0 spiro atoms. The lowest BCUT2D eigenvalue weighted by atomic mass is 9.81. The van der Waals surface area contributed by atoms with Crippen molar-refractivity contribution in [3.63, 3.8) is 0 Å². The molecule has 0 bridgehead atoms. The zero-order valence-corrected chi connectivity index (χ0v) is 16.7. The van der Waals surface area contributed by atoms with Gasteiger partial charge in [0.05, 0.1) is 12.7 Å². The molecule has 2 aromatic rings. The summed E-state index contributed by atoms with van der Waals surface area (Å²) >= 11 is 0. The van der Waals surface area contributed by atoms with E-state index in [9.17, 15) is 14.4 Å². The molecule has 2 N–H and O–H groups in total. The zero-order valence-electron chi connectivity index (χ0n) is 16.7. The molecular weight excluding hydrogens is 368 g/mol. The van der Waals surface area contributed by atoms with Crippen molar-refractivity contribution in [2.24, 2.45) is 11.8 Å². The predicted molar refractivity (Wildman–Crippen MR) is 112 cm³/mol. The van der Waals surface area contributed by atoms with Crippen molar-refractivity contribution in [1.82, 2.24) is 0 Å². The molecule has 29 heavy (non-hydrogen) atoms. The molecule has 0 aliphatic heterocycles. The lowest BCUT2D eigenvalue weighted by Gasteiger charge is -2.27. The highest BCUT2D eigenvalue weighted by molar-refractivity contribution is 5.95. The van der Waals surface area contributed by atoms with Crippen molar-refractivity contribution in [2.75, 3.05) is 17.7 Å². The molecule has 2 aromatic carbocycles. The van der Waals surface area contributed by atoms with Crippen LogP contribution in [0, 0.1) is 18.8 Å². The van der Waals surface area contributed by atoms with E-state index in [-0.39, 0.29) is 23.7 Å². The summed E-state index contributed by atoms with van der Waals surface area (Å²) < 4.78 is 4.67. The van der Waals surface area contributed by atoms with Crippen LogP contribution in [0.1, 0.15) is 41.6 Å². The van der Waals surface area contributed by atoms with E-state index >= 15 is 0 Å². The maximum absolute atomic E-state index is 12.5. The number of nitrogens with one attached hydrogen (secondary N) is 2. The van der Waals surface area contributed by atoms with E-state index in [1.165, 1.54) is 7.11 Å². The summed E-state index contributed by atoms with van der Waals surface area (Å²) in [5.74, 6) is -0.622. The van der Waals surface area contributed by atoms with Gasteiger partial charge in [-0.3, -0.25) is 9.59 Å². The lowest BCUT2D eigenvalue weighted by Crippen LogP contribution is -2.32. The second-order valence-corrected chi connectivity index (χ2v) is 7.47. The van der Waals surface area contributed by atoms with Crippen molar-refractivity contribution < 1.29 is 19.1 Å². The molecule has 1 saturated carbocycles. The fraction of sp³-hybridized carbons (Fsp3) is 0.348. The van der Waals surface area contributed by atoms with Crippen LogP contribution in [0.5, 0.6) is 0 Å². The molecule has 1 fully saturated rings. The molecule has 0 unspecified atom stereocenters. The van der Waals surface area contributed by atoms with Crippen LogP contribution in [0.25, 0.3) is 0 Å². The first kappa shape index (κ1) is 20.6. The topological polar surface area (TPSA) is 84.5 Å². The highest BCUT2D eigenvalue weighted by atomic mass is 16.5. The van der Waals surface area contributed by atoms with Crippen LogP contribution in [0.15, 0.2) is 48.5 Å². The third-order valence-electron chi connectivity index (χ3n) is 5.33. The monoisotopic (exact) mass is 394 g/mol. The molecule has 0 atom stereocenters. The smallest absolute Gasteiger partial charge is 0.337 e. The number of ether oxygens (including phenoxy) is 1. The number of carbonyl (C=O) groups is 3. The summed E-state index contributed by atoms with van der Waals surface area (Å²) in [6.45, 7) is 1.99. The Morgan fingerprint density at radius 2 is 1.38 bits per heavy atom. The molecule has 0 heterocycles. The Kier molecular flexibility index (Phi) is 6.65. The Morgan fingerprint density at radius 1 is 0.828 bits per heavy atom. The number of carbonyl (C=O) groups excluding carboxylic acids is 3. The summed E-state index contributed by atoms with van der Waals surface area (Å²) in [6.07, 6.45) is 2.74. The molecule has 1 aliphatic rings. The van der Waals surface area contributed by atoms with Crippen molar-refractivity contribution in [3.05, 3.63) is 59.7 Å². The summed E-state index contributed by atoms with van der Waals surface area (Å²) in [5, 5.41) is 5.87. The van der Waals surface area contributed by atoms with E-state index in [0.29, 0.717) is 36.9 Å². The quantitative estimate of drug-likeness (QED) is 0.746. The molecular formula is C23H26N2O4. The molecule has 0 saturated heterocycles. The van der Waals surface area contributed by atoms with Gasteiger partial charge in [0.2, 0.25) is 11.8 Å². The minimum absolute atomic E-state index is 0.0212. The van der Waals surface area contributed by atoms with Gasteiger partial charge in [0, 0.05) is 23.2 Å². The average molecular weight is 394 g/mol. The number of hydrogen-bond acceptors (Lipinski definition) is 4. The van der Waals surface area contributed by atoms with E-state index in [4.69, 9.17) is 0 Å². The number of benzene rings is 2. The summed E-state index contributed by atoms with van der Waals surface area (Å²) in [5.41, 5.74) is 2.99. The van der Waals surface area contributed by atoms with Crippen molar-refractivity contribution in [2.45, 2.75) is 32.6 Å². The maximum atomic E-state index is 12.5. The molecule has 152 valence electrons. The second-order valence-electron chi connectivity index (χ2n) is 7.47. The van der Waals surface area contributed by atoms with E-state index in [1.807, 2.05) is 31.2 Å². The van der Waals surface area contributed by atoms with Crippen LogP contribution in [-0.4, -0.2) is 24.9 Å². The average Bonchev–Trinajstić information content (AvgIpc) is 2.74. The Morgan fingerprint density at radius 3 is 1.90 bits per heavy atom. The van der Waals surface area contributed by atoms with Gasteiger partial charge in [0.1, 0.15) is 0 Å². The van der Waals surface area contributed by atoms with Gasteiger partial charge in [-0.25, -0.2) is 4.79 Å². The molecule has 3 rings (SSSR count). The third kappa shape index (κ3) is 5.44. The number of esters is 1. The Hall–Kier alpha value is -3.15. The minimum Gasteiger partial charge on any atom is -0.465 e. The zero-order chi connectivity index (χ0) is 20.8. The van der Waals surface area contributed by atoms with E-state index in [2.05, 4.69) is 15.4 Å². The molecule has 6 nitrogen and oxygen atoms in total. The van der Waals surface area contributed by atoms with Crippen LogP contribution in [0.3, 0.4) is 0 Å². The van der Waals surface area contributed by atoms with Crippen LogP contribution in [0.2, 0.25) is 0 Å². The van der Waals surface area contributed by atoms with Crippen LogP contribution in [-0.2, 0) is 14.3 Å². The van der Waals surface area contributed by atoms with Crippen LogP contribution in [0.4, 0.5) is 11.4 Å². The predicted octanol–water partition coefficient (Wildman–Crippen LogP) is 4.17. The fourth-order valence-electron chi connectivity index (χ4n) is 3.64. The number of anilines is 2. The van der Waals surface area contributed by atoms with Gasteiger partial charge in [0.15, 0.2) is 0 Å². The summed E-state index contributed by atoms with van der Waals surface area (Å²) in [6, 6.07) is 14.3. The highest BCUT2D eigenvalue weighted by Crippen LogP contribution is 2.30. The second kappa shape index (κ2) is 9.37. The van der Waals surface area contributed by atoms with Gasteiger partial charge in [0.25, 0.3) is 0 Å². The Bertz CT molecular complexity index is 884. The molecule has 6 heteroatoms. The number of aryl methyl sites for hydroxylation is 1.